The Hall–Kier alpha value is -5.10. The molecule has 6 heteroatoms. The van der Waals surface area contributed by atoms with Crippen molar-refractivity contribution in [3.63, 3.8) is 0 Å². The zero-order valence-corrected chi connectivity index (χ0v) is 19.5. The maximum absolute atomic E-state index is 13.3. The van der Waals surface area contributed by atoms with Gasteiger partial charge in [0.2, 0.25) is 10.9 Å². The molecule has 0 aliphatic rings. The first kappa shape index (κ1) is 22.4. The van der Waals surface area contributed by atoms with Crippen molar-refractivity contribution in [2.45, 2.75) is 6.42 Å². The second-order valence-electron chi connectivity index (χ2n) is 8.75. The molecule has 4 aromatic carbocycles. The van der Waals surface area contributed by atoms with Gasteiger partial charge in [-0.1, -0.05) is 60.7 Å². The Labute approximate surface area is 210 Å². The van der Waals surface area contributed by atoms with E-state index in [-0.39, 0.29) is 39.9 Å². The normalized spacial score (nSPS) is 11.2. The Balaban J connectivity index is 1.51. The van der Waals surface area contributed by atoms with E-state index in [0.717, 1.165) is 11.1 Å². The molecular weight excluding hydrogens is 468 g/mol. The van der Waals surface area contributed by atoms with Gasteiger partial charge < -0.3 is 19.0 Å². The van der Waals surface area contributed by atoms with Crippen LogP contribution in [0.1, 0.15) is 11.1 Å². The second-order valence-corrected chi connectivity index (χ2v) is 8.75. The maximum atomic E-state index is 13.3. The topological polar surface area (TPSA) is 101 Å². The molecule has 2 heterocycles. The minimum absolute atomic E-state index is 0.0341. The smallest absolute Gasteiger partial charge is 0.200 e. The Bertz CT molecular complexity index is 1760. The van der Waals surface area contributed by atoms with Crippen LogP contribution in [0.4, 0.5) is 0 Å². The lowest BCUT2D eigenvalue weighted by atomic mass is 9.97. The average Bonchev–Trinajstić information content (AvgIpc) is 2.93. The van der Waals surface area contributed by atoms with Gasteiger partial charge in [-0.2, -0.15) is 0 Å². The Morgan fingerprint density at radius 2 is 0.946 bits per heavy atom. The zero-order chi connectivity index (χ0) is 25.5. The van der Waals surface area contributed by atoms with Gasteiger partial charge in [-0.3, -0.25) is 9.59 Å². The molecule has 0 saturated carbocycles. The van der Waals surface area contributed by atoms with Gasteiger partial charge in [-0.15, -0.1) is 0 Å². The van der Waals surface area contributed by atoms with E-state index in [1.165, 1.54) is 36.8 Å². The van der Waals surface area contributed by atoms with Crippen LogP contribution in [0, 0.1) is 0 Å². The van der Waals surface area contributed by atoms with E-state index in [0.29, 0.717) is 33.0 Å². The Morgan fingerprint density at radius 3 is 1.35 bits per heavy atom. The molecule has 6 rings (SSSR count). The SMILES string of the molecule is O=c1c(-c2ccccc2)coc2c(Cc3c(O)ccc4c(=O)c(-c5ccccc5)coc34)c(O)ccc12. The first-order valence-electron chi connectivity index (χ1n) is 11.7. The average molecular weight is 488 g/mol. The van der Waals surface area contributed by atoms with Gasteiger partial charge in [0.25, 0.3) is 0 Å². The highest BCUT2D eigenvalue weighted by Gasteiger charge is 2.20. The third-order valence-electron chi connectivity index (χ3n) is 6.56. The zero-order valence-electron chi connectivity index (χ0n) is 19.5. The van der Waals surface area contributed by atoms with E-state index < -0.39 is 0 Å². The fraction of sp³-hybridized carbons (Fsp3) is 0.0323. The van der Waals surface area contributed by atoms with Crippen LogP contribution in [0.25, 0.3) is 44.2 Å². The molecule has 180 valence electrons. The predicted octanol–water partition coefficient (Wildman–Crippen LogP) is 6.24. The van der Waals surface area contributed by atoms with E-state index in [9.17, 15) is 19.8 Å². The van der Waals surface area contributed by atoms with Crippen molar-refractivity contribution in [3.05, 3.63) is 129 Å². The van der Waals surface area contributed by atoms with Crippen LogP contribution in [0.2, 0.25) is 0 Å². The third-order valence-corrected chi connectivity index (χ3v) is 6.56. The van der Waals surface area contributed by atoms with Crippen LogP contribution in [0.3, 0.4) is 0 Å². The summed E-state index contributed by atoms with van der Waals surface area (Å²) in [5.74, 6) is -0.217. The van der Waals surface area contributed by atoms with E-state index in [2.05, 4.69) is 0 Å². The summed E-state index contributed by atoms with van der Waals surface area (Å²) in [4.78, 5) is 26.6. The van der Waals surface area contributed by atoms with Crippen molar-refractivity contribution < 1.29 is 19.0 Å². The molecule has 2 N–H and O–H groups in total. The number of fused-ring (bicyclic) bond motifs is 2. The van der Waals surface area contributed by atoms with Gasteiger partial charge in [-0.25, -0.2) is 0 Å². The lowest BCUT2D eigenvalue weighted by molar-refractivity contribution is 0.460. The van der Waals surface area contributed by atoms with Crippen LogP contribution >= 0.6 is 0 Å². The minimum atomic E-state index is -0.241. The first-order valence-corrected chi connectivity index (χ1v) is 11.7. The highest BCUT2D eigenvalue weighted by atomic mass is 16.3. The van der Waals surface area contributed by atoms with Gasteiger partial charge in [0, 0.05) is 17.5 Å². The molecule has 6 nitrogen and oxygen atoms in total. The number of benzene rings is 4. The van der Waals surface area contributed by atoms with Gasteiger partial charge >= 0.3 is 0 Å². The number of phenolic OH excluding ortho intramolecular Hbond substituents is 2. The number of aromatic hydroxyl groups is 2. The van der Waals surface area contributed by atoms with Crippen molar-refractivity contribution in [1.29, 1.82) is 0 Å². The minimum Gasteiger partial charge on any atom is -0.508 e. The van der Waals surface area contributed by atoms with Crippen molar-refractivity contribution >= 4 is 21.9 Å². The Kier molecular flexibility index (Phi) is 5.34. The third kappa shape index (κ3) is 3.76. The molecule has 0 amide bonds. The quantitative estimate of drug-likeness (QED) is 0.305. The number of phenols is 2. The van der Waals surface area contributed by atoms with Crippen LogP contribution in [0.5, 0.6) is 11.5 Å². The van der Waals surface area contributed by atoms with Gasteiger partial charge in [-0.05, 0) is 35.4 Å². The van der Waals surface area contributed by atoms with Crippen molar-refractivity contribution in [3.8, 4) is 33.8 Å². The second kappa shape index (κ2) is 8.84. The number of rotatable bonds is 4. The molecule has 0 spiro atoms. The van der Waals surface area contributed by atoms with Gasteiger partial charge in [0.1, 0.15) is 35.2 Å². The molecule has 2 aromatic heterocycles. The van der Waals surface area contributed by atoms with Gasteiger partial charge in [0.05, 0.1) is 21.9 Å². The summed E-state index contributed by atoms with van der Waals surface area (Å²) >= 11 is 0. The van der Waals surface area contributed by atoms with Crippen LogP contribution in [-0.4, -0.2) is 10.2 Å². The molecule has 0 atom stereocenters. The highest BCUT2D eigenvalue weighted by Crippen LogP contribution is 2.35. The highest BCUT2D eigenvalue weighted by molar-refractivity contribution is 5.89. The van der Waals surface area contributed by atoms with E-state index in [4.69, 9.17) is 8.83 Å². The first-order chi connectivity index (χ1) is 18.0. The summed E-state index contributed by atoms with van der Waals surface area (Å²) in [7, 11) is 0. The molecule has 0 radical (unpaired) electrons. The maximum Gasteiger partial charge on any atom is 0.200 e. The van der Waals surface area contributed by atoms with Crippen LogP contribution < -0.4 is 10.9 Å². The predicted molar refractivity (Wildman–Crippen MR) is 142 cm³/mol. The van der Waals surface area contributed by atoms with Crippen LogP contribution in [-0.2, 0) is 6.42 Å². The molecular formula is C31H20O6. The molecule has 0 unspecified atom stereocenters. The van der Waals surface area contributed by atoms with Crippen LogP contribution in [0.15, 0.2) is 116 Å². The molecule has 37 heavy (non-hydrogen) atoms. The molecule has 6 aromatic rings. The summed E-state index contributed by atoms with van der Waals surface area (Å²) in [6.45, 7) is 0. The molecule has 0 aliphatic carbocycles. The lowest BCUT2D eigenvalue weighted by Gasteiger charge is -2.12. The summed E-state index contributed by atoms with van der Waals surface area (Å²) in [5.41, 5.74) is 2.75. The fourth-order valence-corrected chi connectivity index (χ4v) is 4.65. The summed E-state index contributed by atoms with van der Waals surface area (Å²) in [6.07, 6.45) is 2.71. The van der Waals surface area contributed by atoms with Crippen molar-refractivity contribution in [2.24, 2.45) is 0 Å². The fourth-order valence-electron chi connectivity index (χ4n) is 4.65. The summed E-state index contributed by atoms with van der Waals surface area (Å²) in [6, 6.07) is 24.2. The summed E-state index contributed by atoms with van der Waals surface area (Å²) < 4.78 is 11.8. The van der Waals surface area contributed by atoms with E-state index in [1.54, 1.807) is 0 Å². The van der Waals surface area contributed by atoms with E-state index >= 15 is 0 Å². The van der Waals surface area contributed by atoms with Crippen molar-refractivity contribution in [1.82, 2.24) is 0 Å². The number of hydrogen-bond acceptors (Lipinski definition) is 6. The largest absolute Gasteiger partial charge is 0.508 e. The molecule has 0 bridgehead atoms. The van der Waals surface area contributed by atoms with Crippen molar-refractivity contribution in [2.75, 3.05) is 0 Å². The van der Waals surface area contributed by atoms with Gasteiger partial charge in [0.15, 0.2) is 0 Å². The molecule has 0 fully saturated rings. The Morgan fingerprint density at radius 1 is 0.541 bits per heavy atom. The lowest BCUT2D eigenvalue weighted by Crippen LogP contribution is -2.07. The molecule has 0 saturated heterocycles. The molecule has 0 aliphatic heterocycles. The standard InChI is InChI=1S/C31H20O6/c32-26-13-11-20-28(34)24(18-7-3-1-4-8-18)16-36-30(20)22(26)15-23-27(33)14-12-21-29(35)25(17-37-31(21)23)19-9-5-2-6-10-19/h1-14,16-17,32-33H,15H2. The summed E-state index contributed by atoms with van der Waals surface area (Å²) in [5, 5.41) is 22.0. The monoisotopic (exact) mass is 488 g/mol. The van der Waals surface area contributed by atoms with E-state index in [1.807, 2.05) is 60.7 Å². The number of hydrogen-bond donors (Lipinski definition) is 2.